The van der Waals surface area contributed by atoms with Gasteiger partial charge in [-0.2, -0.15) is 0 Å². The zero-order valence-corrected chi connectivity index (χ0v) is 8.94. The van der Waals surface area contributed by atoms with Crippen LogP contribution in [0.25, 0.3) is 0 Å². The lowest BCUT2D eigenvalue weighted by atomic mass is 10.2. The molecule has 0 heterocycles. The Bertz CT molecular complexity index is 348. The van der Waals surface area contributed by atoms with Crippen molar-refractivity contribution in [2.24, 2.45) is 0 Å². The minimum atomic E-state index is -4.46. The second kappa shape index (κ2) is 3.90. The van der Waals surface area contributed by atoms with E-state index < -0.39 is 13.4 Å². The van der Waals surface area contributed by atoms with E-state index in [0.717, 1.165) is 0 Å². The van der Waals surface area contributed by atoms with Gasteiger partial charge in [0.15, 0.2) is 5.85 Å². The highest BCUT2D eigenvalue weighted by atomic mass is 79.9. The molecule has 1 aromatic carbocycles. The molecule has 0 amide bonds. The number of hydrogen-bond donors (Lipinski definition) is 3. The molecule has 3 N–H and O–H groups in total. The Labute approximate surface area is 83.5 Å². The van der Waals surface area contributed by atoms with Crippen LogP contribution in [0, 0.1) is 0 Å². The van der Waals surface area contributed by atoms with Gasteiger partial charge in [0.1, 0.15) is 0 Å². The smallest absolute Gasteiger partial charge is 0.358 e. The number of hydrogen-bond acceptors (Lipinski definition) is 2. The second-order valence-corrected chi connectivity index (χ2v) is 5.10. The maximum atomic E-state index is 10.7. The van der Waals surface area contributed by atoms with E-state index in [2.05, 4.69) is 15.9 Å². The quantitative estimate of drug-likeness (QED) is 0.711. The SMILES string of the molecule is O=P(O)(O)C(O)c1cccc(Br)c1. The lowest BCUT2D eigenvalue weighted by molar-refractivity contribution is 0.205. The summed E-state index contributed by atoms with van der Waals surface area (Å²) in [6, 6.07) is 6.21. The fourth-order valence-corrected chi connectivity index (χ4v) is 1.83. The first-order chi connectivity index (χ1) is 5.91. The first-order valence-corrected chi connectivity index (χ1v) is 5.87. The number of halogens is 1. The molecule has 1 rings (SSSR count). The Morgan fingerprint density at radius 1 is 1.38 bits per heavy atom. The Kier molecular flexibility index (Phi) is 3.27. The minimum absolute atomic E-state index is 0.197. The predicted molar refractivity (Wildman–Crippen MR) is 51.1 cm³/mol. The molecule has 0 aliphatic rings. The fourth-order valence-electron chi connectivity index (χ4n) is 0.861. The van der Waals surface area contributed by atoms with Crippen LogP contribution in [0.4, 0.5) is 0 Å². The van der Waals surface area contributed by atoms with Gasteiger partial charge in [-0.25, -0.2) is 0 Å². The van der Waals surface area contributed by atoms with E-state index in [1.807, 2.05) is 0 Å². The zero-order chi connectivity index (χ0) is 10.1. The molecule has 0 saturated carbocycles. The Morgan fingerprint density at radius 2 is 2.00 bits per heavy atom. The van der Waals surface area contributed by atoms with Crippen molar-refractivity contribution in [3.63, 3.8) is 0 Å². The molecule has 0 aliphatic carbocycles. The molecule has 1 unspecified atom stereocenters. The summed E-state index contributed by atoms with van der Waals surface area (Å²) in [6.45, 7) is 0. The third-order valence-corrected chi connectivity index (χ3v) is 2.89. The van der Waals surface area contributed by atoms with Gasteiger partial charge in [-0.3, -0.25) is 4.57 Å². The van der Waals surface area contributed by atoms with Crippen LogP contribution in [0.2, 0.25) is 0 Å². The first kappa shape index (κ1) is 10.9. The van der Waals surface area contributed by atoms with Crippen LogP contribution < -0.4 is 0 Å². The van der Waals surface area contributed by atoms with E-state index in [1.54, 1.807) is 12.1 Å². The Balaban J connectivity index is 3.02. The van der Waals surface area contributed by atoms with Gasteiger partial charge in [0.05, 0.1) is 0 Å². The maximum Gasteiger partial charge on any atom is 0.358 e. The van der Waals surface area contributed by atoms with Crippen molar-refractivity contribution in [1.29, 1.82) is 0 Å². The molecule has 4 nitrogen and oxygen atoms in total. The van der Waals surface area contributed by atoms with E-state index in [-0.39, 0.29) is 5.56 Å². The van der Waals surface area contributed by atoms with Crippen molar-refractivity contribution >= 4 is 23.5 Å². The maximum absolute atomic E-state index is 10.7. The second-order valence-electron chi connectivity index (χ2n) is 2.52. The van der Waals surface area contributed by atoms with E-state index in [9.17, 15) is 9.67 Å². The number of aliphatic hydroxyl groups excluding tert-OH is 1. The molecular weight excluding hydrogens is 259 g/mol. The molecule has 0 aliphatic heterocycles. The van der Waals surface area contributed by atoms with Crippen molar-refractivity contribution in [2.75, 3.05) is 0 Å². The molecule has 13 heavy (non-hydrogen) atoms. The van der Waals surface area contributed by atoms with Crippen molar-refractivity contribution in [3.05, 3.63) is 34.3 Å². The molecule has 0 radical (unpaired) electrons. The molecule has 0 saturated heterocycles. The summed E-state index contributed by atoms with van der Waals surface area (Å²) in [5, 5.41) is 9.20. The molecule has 72 valence electrons. The molecule has 0 fully saturated rings. The van der Waals surface area contributed by atoms with Gasteiger partial charge in [0.25, 0.3) is 0 Å². The summed E-state index contributed by atoms with van der Waals surface area (Å²) in [5.41, 5.74) is 0.197. The van der Waals surface area contributed by atoms with Crippen LogP contribution in [0.5, 0.6) is 0 Å². The van der Waals surface area contributed by atoms with Crippen LogP contribution in [0.15, 0.2) is 28.7 Å². The third-order valence-electron chi connectivity index (χ3n) is 1.47. The molecule has 1 aromatic rings. The largest absolute Gasteiger partial charge is 0.376 e. The van der Waals surface area contributed by atoms with E-state index in [4.69, 9.17) is 9.79 Å². The highest BCUT2D eigenvalue weighted by Gasteiger charge is 2.27. The average molecular weight is 267 g/mol. The minimum Gasteiger partial charge on any atom is -0.376 e. The van der Waals surface area contributed by atoms with Crippen molar-refractivity contribution in [2.45, 2.75) is 5.85 Å². The zero-order valence-electron chi connectivity index (χ0n) is 6.46. The lowest BCUT2D eigenvalue weighted by Crippen LogP contribution is -1.97. The highest BCUT2D eigenvalue weighted by molar-refractivity contribution is 9.10. The van der Waals surface area contributed by atoms with Crippen LogP contribution in [0.1, 0.15) is 11.4 Å². The Morgan fingerprint density at radius 3 is 2.46 bits per heavy atom. The fraction of sp³-hybridized carbons (Fsp3) is 0.143. The monoisotopic (exact) mass is 266 g/mol. The third kappa shape index (κ3) is 2.90. The van der Waals surface area contributed by atoms with E-state index in [0.29, 0.717) is 4.47 Å². The summed E-state index contributed by atoms with van der Waals surface area (Å²) >= 11 is 3.13. The first-order valence-electron chi connectivity index (χ1n) is 3.40. The molecule has 0 spiro atoms. The predicted octanol–water partition coefficient (Wildman–Crippen LogP) is 1.62. The summed E-state index contributed by atoms with van der Waals surface area (Å²) in [6.07, 6.45) is 0. The number of aliphatic hydroxyl groups is 1. The number of benzene rings is 1. The average Bonchev–Trinajstić information content (AvgIpc) is 2.01. The van der Waals surface area contributed by atoms with Gasteiger partial charge in [0.2, 0.25) is 0 Å². The lowest BCUT2D eigenvalue weighted by Gasteiger charge is -2.12. The van der Waals surface area contributed by atoms with E-state index >= 15 is 0 Å². The molecule has 0 aromatic heterocycles. The van der Waals surface area contributed by atoms with Gasteiger partial charge in [-0.05, 0) is 17.7 Å². The number of rotatable bonds is 2. The molecule has 6 heteroatoms. The molecule has 1 atom stereocenters. The van der Waals surface area contributed by atoms with E-state index in [1.165, 1.54) is 12.1 Å². The van der Waals surface area contributed by atoms with Crippen molar-refractivity contribution in [1.82, 2.24) is 0 Å². The molecular formula is C7H8BrO4P. The van der Waals surface area contributed by atoms with Gasteiger partial charge in [-0.15, -0.1) is 0 Å². The summed E-state index contributed by atoms with van der Waals surface area (Å²) < 4.78 is 11.3. The van der Waals surface area contributed by atoms with Crippen molar-refractivity contribution < 1.29 is 19.5 Å². The summed E-state index contributed by atoms with van der Waals surface area (Å²) in [4.78, 5) is 17.4. The normalized spacial score (nSPS) is 14.2. The Hall–Kier alpha value is -0.190. The van der Waals surface area contributed by atoms with Crippen LogP contribution in [-0.2, 0) is 4.57 Å². The standard InChI is InChI=1S/C7H8BrO4P/c8-6-3-1-2-5(4-6)7(9)13(10,11)12/h1-4,7,9H,(H2,10,11,12). The van der Waals surface area contributed by atoms with Crippen LogP contribution in [-0.4, -0.2) is 14.9 Å². The summed E-state index contributed by atoms with van der Waals surface area (Å²) in [7, 11) is -4.46. The highest BCUT2D eigenvalue weighted by Crippen LogP contribution is 2.49. The summed E-state index contributed by atoms with van der Waals surface area (Å²) in [5.74, 6) is -1.75. The van der Waals surface area contributed by atoms with Crippen molar-refractivity contribution in [3.8, 4) is 0 Å². The van der Waals surface area contributed by atoms with Crippen LogP contribution in [0.3, 0.4) is 0 Å². The van der Waals surface area contributed by atoms with Gasteiger partial charge < -0.3 is 14.9 Å². The molecule has 0 bridgehead atoms. The van der Waals surface area contributed by atoms with Gasteiger partial charge in [0, 0.05) is 4.47 Å². The van der Waals surface area contributed by atoms with Crippen LogP contribution >= 0.6 is 23.5 Å². The topological polar surface area (TPSA) is 77.8 Å². The van der Waals surface area contributed by atoms with Gasteiger partial charge in [-0.1, -0.05) is 28.1 Å². The van der Waals surface area contributed by atoms with Gasteiger partial charge >= 0.3 is 7.60 Å².